The molecule has 0 fully saturated rings. The van der Waals surface area contributed by atoms with Gasteiger partial charge in [0.25, 0.3) is 0 Å². The Kier molecular flexibility index (Phi) is 6.02. The summed E-state index contributed by atoms with van der Waals surface area (Å²) in [7, 11) is 0. The SMILES string of the molecule is Cc1cc(OC(=O)CCNC(=O)OCc2ccccc2)c2c3c(c(=O)oc2c1)CCC3. The number of ether oxygens (including phenoxy) is 2. The highest BCUT2D eigenvalue weighted by Crippen LogP contribution is 2.35. The second-order valence-corrected chi connectivity index (χ2v) is 7.55. The van der Waals surface area contributed by atoms with E-state index in [0.29, 0.717) is 28.7 Å². The molecule has 0 bridgehead atoms. The second kappa shape index (κ2) is 9.04. The lowest BCUT2D eigenvalue weighted by molar-refractivity contribution is -0.134. The van der Waals surface area contributed by atoms with E-state index in [2.05, 4.69) is 5.32 Å². The van der Waals surface area contributed by atoms with E-state index in [4.69, 9.17) is 13.9 Å². The average molecular weight is 421 g/mol. The van der Waals surface area contributed by atoms with Crippen LogP contribution in [0.5, 0.6) is 5.75 Å². The van der Waals surface area contributed by atoms with E-state index < -0.39 is 12.1 Å². The standard InChI is InChI=1S/C24H23NO6/c1-15-12-19(22-17-8-5-9-18(17)23(27)31-20(22)13-15)30-21(26)10-11-25-24(28)29-14-16-6-3-2-4-7-16/h2-4,6-7,12-13H,5,8-11,14H2,1H3,(H,25,28). The third-order valence-corrected chi connectivity index (χ3v) is 5.21. The minimum Gasteiger partial charge on any atom is -0.445 e. The van der Waals surface area contributed by atoms with Crippen LogP contribution in [0.25, 0.3) is 11.0 Å². The molecule has 4 rings (SSSR count). The summed E-state index contributed by atoms with van der Waals surface area (Å²) in [6, 6.07) is 12.9. The van der Waals surface area contributed by atoms with E-state index >= 15 is 0 Å². The highest BCUT2D eigenvalue weighted by atomic mass is 16.5. The van der Waals surface area contributed by atoms with Crippen molar-refractivity contribution in [1.82, 2.24) is 5.32 Å². The van der Waals surface area contributed by atoms with Gasteiger partial charge in [-0.25, -0.2) is 9.59 Å². The van der Waals surface area contributed by atoms with Gasteiger partial charge in [-0.1, -0.05) is 30.3 Å². The summed E-state index contributed by atoms with van der Waals surface area (Å²) in [6.07, 6.45) is 1.67. The maximum Gasteiger partial charge on any atom is 0.407 e. The fourth-order valence-corrected chi connectivity index (χ4v) is 3.80. The van der Waals surface area contributed by atoms with Crippen molar-refractivity contribution in [2.24, 2.45) is 0 Å². The van der Waals surface area contributed by atoms with Crippen LogP contribution in [0.1, 0.15) is 35.1 Å². The van der Waals surface area contributed by atoms with E-state index in [9.17, 15) is 14.4 Å². The summed E-state index contributed by atoms with van der Waals surface area (Å²) >= 11 is 0. The normalized spacial score (nSPS) is 12.4. The lowest BCUT2D eigenvalue weighted by atomic mass is 10.0. The van der Waals surface area contributed by atoms with Crippen molar-refractivity contribution < 1.29 is 23.5 Å². The van der Waals surface area contributed by atoms with Gasteiger partial charge in [0.05, 0.1) is 11.8 Å². The van der Waals surface area contributed by atoms with Gasteiger partial charge in [-0.05, 0) is 55.0 Å². The Morgan fingerprint density at radius 3 is 2.68 bits per heavy atom. The molecule has 1 aliphatic rings. The van der Waals surface area contributed by atoms with E-state index in [1.54, 1.807) is 12.1 Å². The van der Waals surface area contributed by atoms with Crippen molar-refractivity contribution in [2.45, 2.75) is 39.2 Å². The molecule has 7 nitrogen and oxygen atoms in total. The molecule has 0 saturated carbocycles. The van der Waals surface area contributed by atoms with Crippen molar-refractivity contribution in [3.63, 3.8) is 0 Å². The third kappa shape index (κ3) is 4.77. The number of benzene rings is 2. The zero-order chi connectivity index (χ0) is 21.8. The monoisotopic (exact) mass is 421 g/mol. The van der Waals surface area contributed by atoms with Crippen LogP contribution in [0.15, 0.2) is 51.7 Å². The molecule has 1 aliphatic carbocycles. The Bertz CT molecular complexity index is 1180. The number of hydrogen-bond acceptors (Lipinski definition) is 6. The first kappa shape index (κ1) is 20.7. The lowest BCUT2D eigenvalue weighted by Gasteiger charge is -2.12. The van der Waals surface area contributed by atoms with Crippen LogP contribution >= 0.6 is 0 Å². The van der Waals surface area contributed by atoms with Gasteiger partial charge in [0, 0.05) is 12.1 Å². The molecule has 1 aromatic heterocycles. The highest BCUT2D eigenvalue weighted by molar-refractivity contribution is 5.91. The summed E-state index contributed by atoms with van der Waals surface area (Å²) in [4.78, 5) is 36.4. The van der Waals surface area contributed by atoms with Gasteiger partial charge >= 0.3 is 17.7 Å². The zero-order valence-corrected chi connectivity index (χ0v) is 17.2. The maximum absolute atomic E-state index is 12.4. The number of amides is 1. The summed E-state index contributed by atoms with van der Waals surface area (Å²) in [5.74, 6) is -0.109. The highest BCUT2D eigenvalue weighted by Gasteiger charge is 2.23. The minimum atomic E-state index is -0.600. The molecule has 160 valence electrons. The zero-order valence-electron chi connectivity index (χ0n) is 17.2. The van der Waals surface area contributed by atoms with Crippen LogP contribution in [0, 0.1) is 6.92 Å². The molecule has 1 heterocycles. The minimum absolute atomic E-state index is 0.0190. The van der Waals surface area contributed by atoms with E-state index in [-0.39, 0.29) is 25.2 Å². The number of alkyl carbamates (subject to hydrolysis) is 1. The van der Waals surface area contributed by atoms with Crippen molar-refractivity contribution in [1.29, 1.82) is 0 Å². The summed E-state index contributed by atoms with van der Waals surface area (Å²) in [6.45, 7) is 2.08. The van der Waals surface area contributed by atoms with Crippen LogP contribution in [0.2, 0.25) is 0 Å². The first-order valence-corrected chi connectivity index (χ1v) is 10.3. The van der Waals surface area contributed by atoms with Crippen molar-refractivity contribution in [3.05, 3.63) is 75.1 Å². The smallest absolute Gasteiger partial charge is 0.407 e. The molecule has 7 heteroatoms. The molecule has 3 aromatic rings. The molecule has 0 atom stereocenters. The van der Waals surface area contributed by atoms with Crippen LogP contribution in [-0.2, 0) is 29.0 Å². The molecule has 0 spiro atoms. The summed E-state index contributed by atoms with van der Waals surface area (Å²) < 4.78 is 16.2. The predicted octanol–water partition coefficient (Wildman–Crippen LogP) is 3.81. The Balaban J connectivity index is 1.37. The third-order valence-electron chi connectivity index (χ3n) is 5.21. The molecule has 2 aromatic carbocycles. The molecule has 31 heavy (non-hydrogen) atoms. The van der Waals surface area contributed by atoms with E-state index in [0.717, 1.165) is 29.5 Å². The predicted molar refractivity (Wildman–Crippen MR) is 114 cm³/mol. The van der Waals surface area contributed by atoms with Crippen LogP contribution in [-0.4, -0.2) is 18.6 Å². The van der Waals surface area contributed by atoms with Crippen LogP contribution in [0.3, 0.4) is 0 Å². The molecular formula is C24H23NO6. The number of aryl methyl sites for hydroxylation is 2. The quantitative estimate of drug-likeness (QED) is 0.369. The second-order valence-electron chi connectivity index (χ2n) is 7.55. The fraction of sp³-hybridized carbons (Fsp3) is 0.292. The van der Waals surface area contributed by atoms with Crippen molar-refractivity contribution in [3.8, 4) is 5.75 Å². The molecule has 1 amide bonds. The molecule has 0 radical (unpaired) electrons. The number of nitrogens with one attached hydrogen (secondary N) is 1. The van der Waals surface area contributed by atoms with Crippen LogP contribution in [0.4, 0.5) is 4.79 Å². The number of esters is 1. The largest absolute Gasteiger partial charge is 0.445 e. The number of hydrogen-bond donors (Lipinski definition) is 1. The van der Waals surface area contributed by atoms with Crippen LogP contribution < -0.4 is 15.7 Å². The van der Waals surface area contributed by atoms with Gasteiger partial charge < -0.3 is 19.2 Å². The molecular weight excluding hydrogens is 398 g/mol. The number of carbonyl (C=O) groups is 2. The number of fused-ring (bicyclic) bond motifs is 3. The summed E-state index contributed by atoms with van der Waals surface area (Å²) in [5, 5.41) is 3.23. The maximum atomic E-state index is 12.4. The lowest BCUT2D eigenvalue weighted by Crippen LogP contribution is -2.27. The fourth-order valence-electron chi connectivity index (χ4n) is 3.80. The first-order valence-electron chi connectivity index (χ1n) is 10.3. The van der Waals surface area contributed by atoms with E-state index in [1.165, 1.54) is 0 Å². The summed E-state index contributed by atoms with van der Waals surface area (Å²) in [5.41, 5.74) is 3.37. The topological polar surface area (TPSA) is 94.8 Å². The van der Waals surface area contributed by atoms with E-state index in [1.807, 2.05) is 37.3 Å². The van der Waals surface area contributed by atoms with Gasteiger partial charge in [0.1, 0.15) is 17.9 Å². The Morgan fingerprint density at radius 2 is 1.87 bits per heavy atom. The first-order chi connectivity index (χ1) is 15.0. The van der Waals surface area contributed by atoms with Gasteiger partial charge in [-0.15, -0.1) is 0 Å². The Labute approximate surface area is 179 Å². The molecule has 0 saturated heterocycles. The Hall–Kier alpha value is -3.61. The van der Waals surface area contributed by atoms with Crippen molar-refractivity contribution in [2.75, 3.05) is 6.54 Å². The average Bonchev–Trinajstić information content (AvgIpc) is 3.23. The van der Waals surface area contributed by atoms with Crippen molar-refractivity contribution >= 4 is 23.0 Å². The number of rotatable bonds is 6. The molecule has 1 N–H and O–H groups in total. The molecule has 0 unspecified atom stereocenters. The van der Waals surface area contributed by atoms with Gasteiger partial charge in [0.15, 0.2) is 0 Å². The Morgan fingerprint density at radius 1 is 1.10 bits per heavy atom. The van der Waals surface area contributed by atoms with Gasteiger partial charge in [-0.2, -0.15) is 0 Å². The number of carbonyl (C=O) groups excluding carboxylic acids is 2. The van der Waals surface area contributed by atoms with Gasteiger partial charge in [-0.3, -0.25) is 4.79 Å². The van der Waals surface area contributed by atoms with Gasteiger partial charge in [0.2, 0.25) is 0 Å². The molecule has 0 aliphatic heterocycles.